The van der Waals surface area contributed by atoms with Crippen LogP contribution in [0.25, 0.3) is 17.0 Å². The third-order valence-corrected chi connectivity index (χ3v) is 3.05. The van der Waals surface area contributed by atoms with Crippen molar-refractivity contribution in [3.8, 4) is 0 Å². The number of rotatable bonds is 5. The van der Waals surface area contributed by atoms with Crippen molar-refractivity contribution in [1.82, 2.24) is 10.3 Å². The molecule has 0 spiro atoms. The van der Waals surface area contributed by atoms with Crippen LogP contribution < -0.4 is 5.32 Å². The van der Waals surface area contributed by atoms with Gasteiger partial charge in [0, 0.05) is 24.4 Å². The van der Waals surface area contributed by atoms with Crippen LogP contribution in [0.5, 0.6) is 0 Å². The molecule has 0 bridgehead atoms. The largest absolute Gasteiger partial charge is 0.464 e. The molecule has 2 N–H and O–H groups in total. The molecule has 0 aliphatic carbocycles. The molecule has 1 aromatic heterocycles. The summed E-state index contributed by atoms with van der Waals surface area (Å²) in [5, 5.41) is 3.70. The summed E-state index contributed by atoms with van der Waals surface area (Å²) in [5.74, 6) is -0.398. The molecule has 0 unspecified atom stereocenters. The fourth-order valence-electron chi connectivity index (χ4n) is 2.02. The van der Waals surface area contributed by atoms with Gasteiger partial charge < -0.3 is 15.0 Å². The average Bonchev–Trinajstić information content (AvgIpc) is 2.88. The molecule has 5 heteroatoms. The highest BCUT2D eigenvalue weighted by atomic mass is 16.5. The summed E-state index contributed by atoms with van der Waals surface area (Å²) in [6.07, 6.45) is 4.76. The second-order valence-electron chi connectivity index (χ2n) is 4.70. The number of fused-ring (bicyclic) bond motifs is 1. The molecule has 0 saturated carbocycles. The highest BCUT2D eigenvalue weighted by Gasteiger charge is 2.08. The molecule has 2 aromatic rings. The summed E-state index contributed by atoms with van der Waals surface area (Å²) in [6.45, 7) is 2.13. The minimum absolute atomic E-state index is 0.0217. The van der Waals surface area contributed by atoms with Crippen LogP contribution in [0.1, 0.15) is 29.4 Å². The first-order valence-corrected chi connectivity index (χ1v) is 6.72. The van der Waals surface area contributed by atoms with E-state index in [1.54, 1.807) is 6.07 Å². The number of esters is 1. The standard InChI is InChI=1S/C16H18N2O3/c1-11(19)17-8-4-3-5-12-6-7-13-10-15(16(20)21-2)18-14(13)9-12/h3,5-7,9-10,18H,4,8H2,1-2H3,(H,17,19). The van der Waals surface area contributed by atoms with Crippen LogP contribution in [0, 0.1) is 0 Å². The van der Waals surface area contributed by atoms with Crippen LogP contribution >= 0.6 is 0 Å². The fraction of sp³-hybridized carbons (Fsp3) is 0.250. The first-order chi connectivity index (χ1) is 10.1. The fourth-order valence-corrected chi connectivity index (χ4v) is 2.02. The molecule has 0 radical (unpaired) electrons. The number of carbonyl (C=O) groups is 2. The Labute approximate surface area is 123 Å². The first-order valence-electron chi connectivity index (χ1n) is 6.72. The van der Waals surface area contributed by atoms with E-state index in [1.165, 1.54) is 14.0 Å². The third kappa shape index (κ3) is 3.95. The Balaban J connectivity index is 2.06. The van der Waals surface area contributed by atoms with E-state index in [0.29, 0.717) is 12.2 Å². The molecule has 0 aliphatic heterocycles. The van der Waals surface area contributed by atoms with Gasteiger partial charge in [-0.15, -0.1) is 0 Å². The van der Waals surface area contributed by atoms with Gasteiger partial charge in [0.1, 0.15) is 5.69 Å². The second kappa shape index (κ2) is 6.74. The summed E-state index contributed by atoms with van der Waals surface area (Å²) in [5.41, 5.74) is 2.36. The molecular weight excluding hydrogens is 268 g/mol. The molecule has 2 rings (SSSR count). The van der Waals surface area contributed by atoms with E-state index in [9.17, 15) is 9.59 Å². The summed E-state index contributed by atoms with van der Waals surface area (Å²) >= 11 is 0. The summed E-state index contributed by atoms with van der Waals surface area (Å²) in [7, 11) is 1.36. The molecule has 0 aliphatic rings. The summed E-state index contributed by atoms with van der Waals surface area (Å²) < 4.78 is 4.69. The zero-order valence-corrected chi connectivity index (χ0v) is 12.1. The highest BCUT2D eigenvalue weighted by Crippen LogP contribution is 2.18. The molecule has 21 heavy (non-hydrogen) atoms. The Kier molecular flexibility index (Phi) is 4.77. The maximum Gasteiger partial charge on any atom is 0.354 e. The Morgan fingerprint density at radius 1 is 1.33 bits per heavy atom. The van der Waals surface area contributed by atoms with Crippen LogP contribution in [0.3, 0.4) is 0 Å². The van der Waals surface area contributed by atoms with Gasteiger partial charge in [0.15, 0.2) is 0 Å². The molecule has 1 aromatic carbocycles. The van der Waals surface area contributed by atoms with Gasteiger partial charge in [0.25, 0.3) is 0 Å². The number of amides is 1. The predicted molar refractivity (Wildman–Crippen MR) is 82.0 cm³/mol. The van der Waals surface area contributed by atoms with Crippen molar-refractivity contribution in [2.75, 3.05) is 13.7 Å². The zero-order valence-electron chi connectivity index (χ0n) is 12.1. The summed E-state index contributed by atoms with van der Waals surface area (Å²) in [6, 6.07) is 7.67. The smallest absolute Gasteiger partial charge is 0.354 e. The lowest BCUT2D eigenvalue weighted by molar-refractivity contribution is -0.118. The van der Waals surface area contributed by atoms with Crippen LogP contribution in [0.15, 0.2) is 30.3 Å². The van der Waals surface area contributed by atoms with Gasteiger partial charge in [-0.25, -0.2) is 4.79 Å². The van der Waals surface area contributed by atoms with Crippen molar-refractivity contribution < 1.29 is 14.3 Å². The number of nitrogens with one attached hydrogen (secondary N) is 2. The van der Waals surface area contributed by atoms with E-state index in [2.05, 4.69) is 15.0 Å². The van der Waals surface area contributed by atoms with Gasteiger partial charge >= 0.3 is 5.97 Å². The monoisotopic (exact) mass is 286 g/mol. The van der Waals surface area contributed by atoms with E-state index in [4.69, 9.17) is 0 Å². The van der Waals surface area contributed by atoms with Crippen molar-refractivity contribution in [1.29, 1.82) is 0 Å². The van der Waals surface area contributed by atoms with Crippen molar-refractivity contribution in [3.63, 3.8) is 0 Å². The topological polar surface area (TPSA) is 71.2 Å². The van der Waals surface area contributed by atoms with E-state index in [-0.39, 0.29) is 11.9 Å². The summed E-state index contributed by atoms with van der Waals surface area (Å²) in [4.78, 5) is 25.2. The Morgan fingerprint density at radius 3 is 2.86 bits per heavy atom. The first kappa shape index (κ1) is 14.8. The molecule has 110 valence electrons. The predicted octanol–water partition coefficient (Wildman–Crippen LogP) is 2.49. The number of hydrogen-bond donors (Lipinski definition) is 2. The van der Waals surface area contributed by atoms with Crippen LogP contribution in [-0.2, 0) is 9.53 Å². The van der Waals surface area contributed by atoms with Crippen LogP contribution in [0.4, 0.5) is 0 Å². The zero-order chi connectivity index (χ0) is 15.2. The van der Waals surface area contributed by atoms with E-state index >= 15 is 0 Å². The number of hydrogen-bond acceptors (Lipinski definition) is 3. The molecule has 0 fully saturated rings. The normalized spacial score (nSPS) is 11.0. The maximum absolute atomic E-state index is 11.5. The molecule has 5 nitrogen and oxygen atoms in total. The van der Waals surface area contributed by atoms with Crippen molar-refractivity contribution in [2.45, 2.75) is 13.3 Å². The van der Waals surface area contributed by atoms with Gasteiger partial charge in [0.05, 0.1) is 7.11 Å². The van der Waals surface area contributed by atoms with Crippen molar-refractivity contribution >= 4 is 28.9 Å². The lowest BCUT2D eigenvalue weighted by Crippen LogP contribution is -2.20. The van der Waals surface area contributed by atoms with Crippen LogP contribution in [0.2, 0.25) is 0 Å². The van der Waals surface area contributed by atoms with E-state index < -0.39 is 0 Å². The number of aromatic amines is 1. The number of aromatic nitrogens is 1. The molecule has 1 amide bonds. The van der Waals surface area contributed by atoms with E-state index in [1.807, 2.05) is 30.4 Å². The number of benzene rings is 1. The van der Waals surface area contributed by atoms with Crippen LogP contribution in [-0.4, -0.2) is 30.5 Å². The van der Waals surface area contributed by atoms with E-state index in [0.717, 1.165) is 22.9 Å². The molecule has 0 saturated heterocycles. The SMILES string of the molecule is COC(=O)c1cc2ccc(C=CCCNC(C)=O)cc2[nH]1. The quantitative estimate of drug-likeness (QED) is 0.655. The maximum atomic E-state index is 11.5. The number of carbonyl (C=O) groups excluding carboxylic acids is 2. The van der Waals surface area contributed by atoms with Gasteiger partial charge in [-0.3, -0.25) is 4.79 Å². The highest BCUT2D eigenvalue weighted by molar-refractivity contribution is 5.95. The van der Waals surface area contributed by atoms with Gasteiger partial charge in [-0.05, 0) is 24.1 Å². The lowest BCUT2D eigenvalue weighted by atomic mass is 10.1. The Hall–Kier alpha value is -2.56. The Bertz CT molecular complexity index is 686. The second-order valence-corrected chi connectivity index (χ2v) is 4.70. The Morgan fingerprint density at radius 2 is 2.14 bits per heavy atom. The number of ether oxygens (including phenoxy) is 1. The molecule has 0 atom stereocenters. The van der Waals surface area contributed by atoms with Crippen molar-refractivity contribution in [3.05, 3.63) is 41.6 Å². The van der Waals surface area contributed by atoms with Gasteiger partial charge in [0.2, 0.25) is 5.91 Å². The van der Waals surface area contributed by atoms with Gasteiger partial charge in [-0.2, -0.15) is 0 Å². The third-order valence-electron chi connectivity index (χ3n) is 3.05. The van der Waals surface area contributed by atoms with Crippen molar-refractivity contribution in [2.24, 2.45) is 0 Å². The molecule has 1 heterocycles. The average molecular weight is 286 g/mol. The minimum atomic E-state index is -0.376. The minimum Gasteiger partial charge on any atom is -0.464 e. The molecular formula is C16H18N2O3. The number of H-pyrrole nitrogens is 1. The number of methoxy groups -OCH3 is 1. The lowest BCUT2D eigenvalue weighted by Gasteiger charge is -1.97. The van der Waals surface area contributed by atoms with Gasteiger partial charge in [-0.1, -0.05) is 24.3 Å².